The van der Waals surface area contributed by atoms with Gasteiger partial charge in [-0.25, -0.2) is 4.39 Å². The van der Waals surface area contributed by atoms with Crippen LogP contribution in [-0.4, -0.2) is 5.11 Å². The zero-order chi connectivity index (χ0) is 14.8. The van der Waals surface area contributed by atoms with Crippen LogP contribution in [0.4, 0.5) is 10.1 Å². The summed E-state index contributed by atoms with van der Waals surface area (Å²) in [4.78, 5) is 0. The average Bonchev–Trinajstić information content (AvgIpc) is 2.48. The number of halogens is 1. The Morgan fingerprint density at radius 3 is 2.67 bits per heavy atom. The molecule has 21 heavy (non-hydrogen) atoms. The molecule has 0 bridgehead atoms. The third-order valence-electron chi connectivity index (χ3n) is 3.60. The minimum absolute atomic E-state index is 0.216. The Balaban J connectivity index is 1.93. The van der Waals surface area contributed by atoms with Crippen molar-refractivity contribution < 1.29 is 9.50 Å². The average molecular weight is 281 g/mol. The van der Waals surface area contributed by atoms with Gasteiger partial charge in [0.15, 0.2) is 0 Å². The summed E-state index contributed by atoms with van der Waals surface area (Å²) < 4.78 is 13.8. The second kappa shape index (κ2) is 5.44. The Labute approximate surface area is 122 Å². The summed E-state index contributed by atoms with van der Waals surface area (Å²) >= 11 is 0. The molecule has 0 heterocycles. The molecule has 0 saturated heterocycles. The van der Waals surface area contributed by atoms with Gasteiger partial charge in [0.25, 0.3) is 0 Å². The Hall–Kier alpha value is -2.55. The van der Waals surface area contributed by atoms with Gasteiger partial charge in [-0.1, -0.05) is 36.4 Å². The second-order valence-electron chi connectivity index (χ2n) is 5.12. The second-order valence-corrected chi connectivity index (χ2v) is 5.12. The quantitative estimate of drug-likeness (QED) is 0.735. The monoisotopic (exact) mass is 281 g/mol. The van der Waals surface area contributed by atoms with E-state index >= 15 is 0 Å². The zero-order valence-corrected chi connectivity index (χ0v) is 11.7. The highest BCUT2D eigenvalue weighted by molar-refractivity contribution is 5.87. The summed E-state index contributed by atoms with van der Waals surface area (Å²) in [5, 5.41) is 15.1. The topological polar surface area (TPSA) is 32.3 Å². The van der Waals surface area contributed by atoms with Crippen LogP contribution in [0.3, 0.4) is 0 Å². The smallest absolute Gasteiger partial charge is 0.146 e. The number of aromatic hydroxyl groups is 1. The number of hydrogen-bond acceptors (Lipinski definition) is 2. The van der Waals surface area contributed by atoms with Gasteiger partial charge < -0.3 is 10.4 Å². The van der Waals surface area contributed by atoms with Crippen molar-refractivity contribution in [3.63, 3.8) is 0 Å². The summed E-state index contributed by atoms with van der Waals surface area (Å²) in [6, 6.07) is 16.4. The molecule has 0 aliphatic carbocycles. The highest BCUT2D eigenvalue weighted by atomic mass is 19.1. The molecule has 0 unspecified atom stereocenters. The first-order valence-electron chi connectivity index (χ1n) is 6.85. The first-order chi connectivity index (χ1) is 10.1. The Morgan fingerprint density at radius 2 is 1.86 bits per heavy atom. The van der Waals surface area contributed by atoms with Crippen molar-refractivity contribution >= 4 is 16.5 Å². The SMILES string of the molecule is Cc1ccc(NCc2c(O)ccc3ccccc23)c(F)c1. The normalized spacial score (nSPS) is 10.8. The Kier molecular flexibility index (Phi) is 3.48. The Bertz CT molecular complexity index is 798. The van der Waals surface area contributed by atoms with Crippen molar-refractivity contribution in [2.45, 2.75) is 13.5 Å². The number of benzene rings is 3. The van der Waals surface area contributed by atoms with Gasteiger partial charge in [0.1, 0.15) is 11.6 Å². The van der Waals surface area contributed by atoms with E-state index in [0.717, 1.165) is 21.9 Å². The predicted molar refractivity (Wildman–Crippen MR) is 84.1 cm³/mol. The van der Waals surface area contributed by atoms with Crippen LogP contribution in [0.5, 0.6) is 5.75 Å². The molecule has 0 aromatic heterocycles. The molecule has 3 aromatic rings. The lowest BCUT2D eigenvalue weighted by Gasteiger charge is -2.12. The number of phenolic OH excluding ortho intramolecular Hbond substituents is 1. The summed E-state index contributed by atoms with van der Waals surface area (Å²) in [6.45, 7) is 2.22. The van der Waals surface area contributed by atoms with Crippen LogP contribution >= 0.6 is 0 Å². The Morgan fingerprint density at radius 1 is 1.05 bits per heavy atom. The fourth-order valence-corrected chi connectivity index (χ4v) is 2.46. The van der Waals surface area contributed by atoms with E-state index < -0.39 is 0 Å². The van der Waals surface area contributed by atoms with Crippen LogP contribution in [0.2, 0.25) is 0 Å². The molecule has 0 aliphatic heterocycles. The largest absolute Gasteiger partial charge is 0.508 e. The molecule has 0 radical (unpaired) electrons. The van der Waals surface area contributed by atoms with E-state index in [9.17, 15) is 9.50 Å². The molecule has 0 fully saturated rings. The van der Waals surface area contributed by atoms with Crippen molar-refractivity contribution in [1.29, 1.82) is 0 Å². The molecule has 3 aromatic carbocycles. The molecule has 0 aliphatic rings. The predicted octanol–water partition coefficient (Wildman–Crippen LogP) is 4.61. The van der Waals surface area contributed by atoms with Crippen LogP contribution in [0, 0.1) is 12.7 Å². The molecule has 106 valence electrons. The number of rotatable bonds is 3. The zero-order valence-electron chi connectivity index (χ0n) is 11.7. The number of anilines is 1. The maximum absolute atomic E-state index is 13.8. The van der Waals surface area contributed by atoms with Crippen LogP contribution < -0.4 is 5.32 Å². The standard InChI is InChI=1S/C18H16FNO/c1-12-6-8-17(16(19)10-12)20-11-15-14-5-3-2-4-13(14)7-9-18(15)21/h2-10,20-21H,11H2,1H3. The molecule has 0 atom stereocenters. The first kappa shape index (κ1) is 13.4. The lowest BCUT2D eigenvalue weighted by Crippen LogP contribution is -2.02. The summed E-state index contributed by atoms with van der Waals surface area (Å²) in [5.74, 6) is -0.0663. The van der Waals surface area contributed by atoms with E-state index in [1.807, 2.05) is 43.3 Å². The number of fused-ring (bicyclic) bond motifs is 1. The van der Waals surface area contributed by atoms with Crippen LogP contribution in [0.15, 0.2) is 54.6 Å². The fourth-order valence-electron chi connectivity index (χ4n) is 2.46. The first-order valence-corrected chi connectivity index (χ1v) is 6.85. The molecule has 0 saturated carbocycles. The van der Waals surface area contributed by atoms with Gasteiger partial charge in [0.2, 0.25) is 0 Å². The van der Waals surface area contributed by atoms with E-state index in [0.29, 0.717) is 12.2 Å². The van der Waals surface area contributed by atoms with Crippen molar-refractivity contribution in [3.8, 4) is 5.75 Å². The molecule has 3 heteroatoms. The maximum atomic E-state index is 13.8. The number of hydrogen-bond donors (Lipinski definition) is 2. The van der Waals surface area contributed by atoms with Crippen LogP contribution in [-0.2, 0) is 6.54 Å². The minimum atomic E-state index is -0.283. The van der Waals surface area contributed by atoms with E-state index in [4.69, 9.17) is 0 Å². The van der Waals surface area contributed by atoms with Crippen LogP contribution in [0.25, 0.3) is 10.8 Å². The van der Waals surface area contributed by atoms with Crippen molar-refractivity contribution in [1.82, 2.24) is 0 Å². The van der Waals surface area contributed by atoms with E-state index in [-0.39, 0.29) is 11.6 Å². The van der Waals surface area contributed by atoms with Gasteiger partial charge in [0, 0.05) is 12.1 Å². The summed E-state index contributed by atoms with van der Waals surface area (Å²) in [7, 11) is 0. The minimum Gasteiger partial charge on any atom is -0.508 e. The van der Waals surface area contributed by atoms with Crippen molar-refractivity contribution in [3.05, 3.63) is 71.5 Å². The molecular formula is C18H16FNO. The van der Waals surface area contributed by atoms with Crippen LogP contribution in [0.1, 0.15) is 11.1 Å². The fraction of sp³-hybridized carbons (Fsp3) is 0.111. The molecule has 3 rings (SSSR count). The van der Waals surface area contributed by atoms with Crippen molar-refractivity contribution in [2.24, 2.45) is 0 Å². The molecule has 2 nitrogen and oxygen atoms in total. The van der Waals surface area contributed by atoms with Gasteiger partial charge in [0.05, 0.1) is 5.69 Å². The van der Waals surface area contributed by atoms with E-state index in [1.165, 1.54) is 6.07 Å². The lowest BCUT2D eigenvalue weighted by atomic mass is 10.0. The van der Waals surface area contributed by atoms with Gasteiger partial charge in [-0.15, -0.1) is 0 Å². The van der Waals surface area contributed by atoms with Gasteiger partial charge in [-0.2, -0.15) is 0 Å². The summed E-state index contributed by atoms with van der Waals surface area (Å²) in [5.41, 5.74) is 2.09. The number of phenols is 1. The third kappa shape index (κ3) is 2.68. The van der Waals surface area contributed by atoms with E-state index in [2.05, 4.69) is 5.32 Å². The van der Waals surface area contributed by atoms with Gasteiger partial charge in [-0.05, 0) is 41.5 Å². The molecular weight excluding hydrogens is 265 g/mol. The number of aryl methyl sites for hydroxylation is 1. The van der Waals surface area contributed by atoms with E-state index in [1.54, 1.807) is 12.1 Å². The lowest BCUT2D eigenvalue weighted by molar-refractivity contribution is 0.470. The van der Waals surface area contributed by atoms with Gasteiger partial charge >= 0.3 is 0 Å². The highest BCUT2D eigenvalue weighted by Gasteiger charge is 2.08. The summed E-state index contributed by atoms with van der Waals surface area (Å²) in [6.07, 6.45) is 0. The number of nitrogens with one attached hydrogen (secondary N) is 1. The molecule has 2 N–H and O–H groups in total. The van der Waals surface area contributed by atoms with Gasteiger partial charge in [-0.3, -0.25) is 0 Å². The molecule has 0 amide bonds. The molecule has 0 spiro atoms. The third-order valence-corrected chi connectivity index (χ3v) is 3.60. The maximum Gasteiger partial charge on any atom is 0.146 e. The van der Waals surface area contributed by atoms with Crippen molar-refractivity contribution in [2.75, 3.05) is 5.32 Å². The highest BCUT2D eigenvalue weighted by Crippen LogP contribution is 2.28.